The van der Waals surface area contributed by atoms with Crippen molar-refractivity contribution in [1.29, 1.82) is 0 Å². The van der Waals surface area contributed by atoms with Gasteiger partial charge in [0.25, 0.3) is 0 Å². The number of carbonyl (C=O) groups excluding carboxylic acids is 1. The van der Waals surface area contributed by atoms with Crippen LogP contribution in [-0.4, -0.2) is 94.4 Å². The van der Waals surface area contributed by atoms with Crippen molar-refractivity contribution in [3.63, 3.8) is 0 Å². The van der Waals surface area contributed by atoms with Crippen molar-refractivity contribution in [2.45, 2.75) is 165 Å². The third-order valence-electron chi connectivity index (χ3n) is 11.8. The number of carboxylic acids is 1. The van der Waals surface area contributed by atoms with Crippen molar-refractivity contribution in [3.8, 4) is 0 Å². The third kappa shape index (κ3) is 14.1. The number of carboxylic acid groups (broad SMARTS) is 1. The van der Waals surface area contributed by atoms with Crippen molar-refractivity contribution in [2.75, 3.05) is 0 Å². The number of aliphatic hydroxyl groups is 2. The number of hydrogen-bond donors (Lipinski definition) is 3. The number of unbranched alkanes of at least 4 members (excludes halogenated alkanes) is 1. The van der Waals surface area contributed by atoms with E-state index in [2.05, 4.69) is 44.2 Å². The fourth-order valence-corrected chi connectivity index (χ4v) is 8.40. The molecule has 0 saturated carbocycles. The lowest BCUT2D eigenvalue weighted by Gasteiger charge is -2.38. The Morgan fingerprint density at radius 2 is 1.56 bits per heavy atom. The van der Waals surface area contributed by atoms with Crippen molar-refractivity contribution in [2.24, 2.45) is 17.8 Å². The van der Waals surface area contributed by atoms with Gasteiger partial charge in [0.1, 0.15) is 12.2 Å². The molecule has 6 heterocycles. The van der Waals surface area contributed by atoms with Crippen LogP contribution in [0.25, 0.3) is 0 Å². The van der Waals surface area contributed by atoms with Crippen molar-refractivity contribution < 1.29 is 48.6 Å². The van der Waals surface area contributed by atoms with E-state index in [1.165, 1.54) is 6.08 Å². The summed E-state index contributed by atoms with van der Waals surface area (Å²) in [6.07, 6.45) is 33.0. The van der Waals surface area contributed by atoms with Crippen molar-refractivity contribution >= 4 is 11.9 Å². The second-order valence-electron chi connectivity index (χ2n) is 16.5. The highest BCUT2D eigenvalue weighted by atomic mass is 16.6. The molecule has 6 rings (SSSR count). The summed E-state index contributed by atoms with van der Waals surface area (Å²) in [7, 11) is 0. The summed E-state index contributed by atoms with van der Waals surface area (Å²) >= 11 is 0. The van der Waals surface area contributed by atoms with Crippen LogP contribution in [0.15, 0.2) is 96.7 Å². The number of ether oxygens (including phenoxy) is 5. The fraction of sp³-hybridized carbons (Fsp3) is 0.617. The van der Waals surface area contributed by atoms with Gasteiger partial charge in [-0.3, -0.25) is 4.79 Å². The summed E-state index contributed by atoms with van der Waals surface area (Å²) in [4.78, 5) is 23.9. The molecular formula is C47H66O10. The lowest BCUT2D eigenvalue weighted by Crippen LogP contribution is -2.43. The summed E-state index contributed by atoms with van der Waals surface area (Å²) in [5, 5.41) is 30.7. The molecule has 6 aliphatic heterocycles. The second-order valence-corrected chi connectivity index (χ2v) is 16.5. The van der Waals surface area contributed by atoms with Crippen LogP contribution < -0.4 is 0 Å². The first-order chi connectivity index (χ1) is 27.5. The highest BCUT2D eigenvalue weighted by Crippen LogP contribution is 2.38. The van der Waals surface area contributed by atoms with E-state index in [4.69, 9.17) is 28.8 Å². The molecule has 57 heavy (non-hydrogen) atoms. The van der Waals surface area contributed by atoms with Crippen LogP contribution in [0.1, 0.15) is 98.3 Å². The number of esters is 1. The van der Waals surface area contributed by atoms with Gasteiger partial charge in [0.2, 0.25) is 0 Å². The topological polar surface area (TPSA) is 141 Å². The average Bonchev–Trinajstić information content (AvgIpc) is 3.52. The van der Waals surface area contributed by atoms with Gasteiger partial charge >= 0.3 is 11.9 Å². The summed E-state index contributed by atoms with van der Waals surface area (Å²) in [5.41, 5.74) is 0.966. The zero-order chi connectivity index (χ0) is 40.7. The van der Waals surface area contributed by atoms with Crippen molar-refractivity contribution in [3.05, 3.63) is 96.7 Å². The first-order valence-electron chi connectivity index (χ1n) is 21.2. The molecule has 14 atom stereocenters. The highest BCUT2D eigenvalue weighted by Gasteiger charge is 2.45. The number of rotatable bonds is 7. The Hall–Kier alpha value is -3.38. The predicted molar refractivity (Wildman–Crippen MR) is 220 cm³/mol. The largest absolute Gasteiger partial charge is 0.481 e. The van der Waals surface area contributed by atoms with Crippen LogP contribution in [0.4, 0.5) is 0 Å². The van der Waals surface area contributed by atoms with Gasteiger partial charge in [0.05, 0.1) is 48.8 Å². The molecule has 0 aromatic rings. The van der Waals surface area contributed by atoms with E-state index in [1.54, 1.807) is 12.2 Å². The van der Waals surface area contributed by atoms with Crippen molar-refractivity contribution in [1.82, 2.24) is 0 Å². The third-order valence-corrected chi connectivity index (χ3v) is 11.8. The minimum Gasteiger partial charge on any atom is -0.481 e. The molecular weight excluding hydrogens is 725 g/mol. The number of hydrogen-bond acceptors (Lipinski definition) is 9. The molecule has 0 aromatic heterocycles. The molecule has 0 radical (unpaired) electrons. The van der Waals surface area contributed by atoms with Gasteiger partial charge in [-0.15, -0.1) is 0 Å². The number of fused-ring (bicyclic) bond motifs is 13. The summed E-state index contributed by atoms with van der Waals surface area (Å²) in [5.74, 6) is -0.875. The summed E-state index contributed by atoms with van der Waals surface area (Å²) < 4.78 is 31.7. The first kappa shape index (κ1) is 44.7. The van der Waals surface area contributed by atoms with Gasteiger partial charge in [-0.05, 0) is 69.4 Å². The van der Waals surface area contributed by atoms with Gasteiger partial charge in [0.15, 0.2) is 6.10 Å². The first-order valence-corrected chi connectivity index (χ1v) is 21.2. The smallest absolute Gasteiger partial charge is 0.331 e. The molecule has 314 valence electrons. The molecule has 3 saturated heterocycles. The monoisotopic (exact) mass is 790 g/mol. The lowest BCUT2D eigenvalue weighted by atomic mass is 9.86. The molecule has 6 aliphatic rings. The summed E-state index contributed by atoms with van der Waals surface area (Å²) in [6.45, 7) is 8.29. The normalized spacial score (nSPS) is 37.5. The SMILES string of the molecule is CC(=CC(C)CCCCC(=O)O)C1OC2C=CC1OC(=O)C=CC=CC=CC1OC3CC1OC(C=CCC1OC(CC(O)C=CCCC=CC2)CC(O)C1C)C3C. The molecule has 10 heteroatoms. The van der Waals surface area contributed by atoms with E-state index in [-0.39, 0.29) is 66.9 Å². The average molecular weight is 791 g/mol. The molecule has 0 spiro atoms. The zero-order valence-electron chi connectivity index (χ0n) is 34.2. The molecule has 0 aliphatic carbocycles. The Balaban J connectivity index is 1.27. The Labute approximate surface area is 339 Å². The van der Waals surface area contributed by atoms with Gasteiger partial charge in [-0.2, -0.15) is 0 Å². The maximum absolute atomic E-state index is 13.0. The molecule has 0 amide bonds. The molecule has 7 bridgehead atoms. The lowest BCUT2D eigenvalue weighted by molar-refractivity contribution is -0.148. The predicted octanol–water partition coefficient (Wildman–Crippen LogP) is 7.83. The molecule has 14 unspecified atom stereocenters. The minimum absolute atomic E-state index is 0.0184. The van der Waals surface area contributed by atoms with Crippen LogP contribution in [0, 0.1) is 17.8 Å². The fourth-order valence-electron chi connectivity index (χ4n) is 8.40. The standard InChI is InChI=1S/C47H66O10/c1-31(17-14-15-23-45(50)51)27-32(2)47-42-26-25-36(54-47)19-11-7-5-6-10-18-35(48)28-37-29-38(49)33(3)39(53-37)21-16-22-40-34(4)43-30-44(55-40)41(56-43)20-12-8-9-13-24-46(52)57-42/h7-13,16,18,20,22,24-27,31,33-44,47-49H,5-6,14-15,17,19,21,23,28-30H2,1-4H3,(H,50,51). The maximum Gasteiger partial charge on any atom is 0.331 e. The Bertz CT molecular complexity index is 1540. The Morgan fingerprint density at radius 1 is 0.772 bits per heavy atom. The highest BCUT2D eigenvalue weighted by molar-refractivity contribution is 5.82. The van der Waals surface area contributed by atoms with Gasteiger partial charge < -0.3 is 39.0 Å². The molecule has 10 nitrogen and oxygen atoms in total. The number of carbonyl (C=O) groups is 2. The number of aliphatic carboxylic acids is 1. The van der Waals surface area contributed by atoms with Crippen LogP contribution in [0.3, 0.4) is 0 Å². The number of aliphatic hydroxyl groups excluding tert-OH is 2. The summed E-state index contributed by atoms with van der Waals surface area (Å²) in [6, 6.07) is 0. The zero-order valence-corrected chi connectivity index (χ0v) is 34.2. The Morgan fingerprint density at radius 3 is 2.39 bits per heavy atom. The van der Waals surface area contributed by atoms with Gasteiger partial charge in [-0.1, -0.05) is 106 Å². The van der Waals surface area contributed by atoms with E-state index in [0.717, 1.165) is 37.7 Å². The van der Waals surface area contributed by atoms with Crippen LogP contribution in [0.2, 0.25) is 0 Å². The molecule has 3 N–H and O–H groups in total. The quantitative estimate of drug-likeness (QED) is 0.133. The second kappa shape index (κ2) is 22.7. The van der Waals surface area contributed by atoms with Gasteiger partial charge in [0, 0.05) is 37.2 Å². The van der Waals surface area contributed by atoms with E-state index in [9.17, 15) is 19.8 Å². The van der Waals surface area contributed by atoms with E-state index in [1.807, 2.05) is 56.4 Å². The molecule has 3 fully saturated rings. The van der Waals surface area contributed by atoms with Crippen LogP contribution in [0.5, 0.6) is 0 Å². The van der Waals surface area contributed by atoms with Crippen LogP contribution >= 0.6 is 0 Å². The van der Waals surface area contributed by atoms with Crippen LogP contribution in [-0.2, 0) is 33.3 Å². The molecule has 0 aromatic carbocycles. The Kier molecular flexibility index (Phi) is 17.8. The van der Waals surface area contributed by atoms with E-state index in [0.29, 0.717) is 32.1 Å². The van der Waals surface area contributed by atoms with Gasteiger partial charge in [-0.25, -0.2) is 4.79 Å². The van der Waals surface area contributed by atoms with E-state index < -0.39 is 36.4 Å². The minimum atomic E-state index is -0.777. The number of allylic oxidation sites excluding steroid dienone is 7. The maximum atomic E-state index is 13.0. The van der Waals surface area contributed by atoms with E-state index >= 15 is 0 Å².